The Morgan fingerprint density at radius 1 is 1.10 bits per heavy atom. The van der Waals surface area contributed by atoms with Crippen molar-refractivity contribution in [1.82, 2.24) is 4.98 Å². The summed E-state index contributed by atoms with van der Waals surface area (Å²) in [6.45, 7) is 2.52. The van der Waals surface area contributed by atoms with Crippen molar-refractivity contribution < 1.29 is 9.47 Å². The van der Waals surface area contributed by atoms with Crippen molar-refractivity contribution in [3.63, 3.8) is 0 Å². The number of ether oxygens (including phenoxy) is 2. The Morgan fingerprint density at radius 3 is 2.55 bits per heavy atom. The molecule has 0 bridgehead atoms. The van der Waals surface area contributed by atoms with E-state index in [1.54, 1.807) is 25.5 Å². The summed E-state index contributed by atoms with van der Waals surface area (Å²) < 4.78 is 10.9. The van der Waals surface area contributed by atoms with Gasteiger partial charge in [0.1, 0.15) is 24.0 Å². The maximum absolute atomic E-state index is 9.46. The van der Waals surface area contributed by atoms with Crippen molar-refractivity contribution >= 4 is 35.2 Å². The average Bonchev–Trinajstić information content (AvgIpc) is 2.74. The number of hydrogen-bond acceptors (Lipinski definition) is 6. The SMILES string of the molecule is COCc1cc(C)nc(N/N=C/c2ccc(OCc3ccc(Cl)cc3Cl)cc2)c1C#N. The highest BCUT2D eigenvalue weighted by molar-refractivity contribution is 6.35. The topological polar surface area (TPSA) is 79.5 Å². The van der Waals surface area contributed by atoms with Gasteiger partial charge in [0, 0.05) is 34.0 Å². The second-order valence-electron chi connectivity index (χ2n) is 6.65. The number of pyridine rings is 1. The molecular formula is C23H20Cl2N4O2. The van der Waals surface area contributed by atoms with Crippen LogP contribution in [-0.4, -0.2) is 18.3 Å². The molecule has 0 aliphatic carbocycles. The number of halogens is 2. The van der Waals surface area contributed by atoms with Gasteiger partial charge < -0.3 is 9.47 Å². The minimum Gasteiger partial charge on any atom is -0.489 e. The number of nitrogens with zero attached hydrogens (tertiary/aromatic N) is 3. The van der Waals surface area contributed by atoms with Crippen molar-refractivity contribution in [2.45, 2.75) is 20.1 Å². The molecule has 158 valence electrons. The molecule has 0 fully saturated rings. The molecule has 1 heterocycles. The zero-order valence-electron chi connectivity index (χ0n) is 17.0. The Hall–Kier alpha value is -3.11. The number of nitriles is 1. The quantitative estimate of drug-likeness (QED) is 0.346. The van der Waals surface area contributed by atoms with E-state index in [4.69, 9.17) is 32.7 Å². The molecule has 1 N–H and O–H groups in total. The smallest absolute Gasteiger partial charge is 0.164 e. The molecule has 6 nitrogen and oxygen atoms in total. The van der Waals surface area contributed by atoms with Crippen LogP contribution in [0.5, 0.6) is 5.75 Å². The van der Waals surface area contributed by atoms with Crippen molar-refractivity contribution in [2.24, 2.45) is 5.10 Å². The van der Waals surface area contributed by atoms with Gasteiger partial charge in [0.2, 0.25) is 0 Å². The molecule has 0 unspecified atom stereocenters. The summed E-state index contributed by atoms with van der Waals surface area (Å²) in [5, 5.41) is 14.8. The van der Waals surface area contributed by atoms with Crippen molar-refractivity contribution in [3.8, 4) is 11.8 Å². The van der Waals surface area contributed by atoms with Gasteiger partial charge in [-0.25, -0.2) is 4.98 Å². The van der Waals surface area contributed by atoms with E-state index in [1.165, 1.54) is 0 Å². The number of hydrogen-bond donors (Lipinski definition) is 1. The third-order valence-corrected chi connectivity index (χ3v) is 4.90. The molecule has 0 radical (unpaired) electrons. The van der Waals surface area contributed by atoms with Gasteiger partial charge in [-0.2, -0.15) is 10.4 Å². The minimum absolute atomic E-state index is 0.327. The molecule has 0 saturated heterocycles. The maximum Gasteiger partial charge on any atom is 0.164 e. The summed E-state index contributed by atoms with van der Waals surface area (Å²) in [7, 11) is 1.58. The molecular weight excluding hydrogens is 435 g/mol. The first-order chi connectivity index (χ1) is 15.0. The molecule has 1 aromatic heterocycles. The maximum atomic E-state index is 9.46. The Morgan fingerprint density at radius 2 is 1.87 bits per heavy atom. The number of benzene rings is 2. The fourth-order valence-corrected chi connectivity index (χ4v) is 3.30. The summed E-state index contributed by atoms with van der Waals surface area (Å²) in [6, 6.07) is 16.7. The van der Waals surface area contributed by atoms with Crippen LogP contribution >= 0.6 is 23.2 Å². The Kier molecular flexibility index (Phi) is 7.85. The summed E-state index contributed by atoms with van der Waals surface area (Å²) in [4.78, 5) is 4.36. The predicted octanol–water partition coefficient (Wildman–Crippen LogP) is 5.74. The van der Waals surface area contributed by atoms with Gasteiger partial charge in [-0.3, -0.25) is 5.43 Å². The van der Waals surface area contributed by atoms with Gasteiger partial charge in [0.15, 0.2) is 5.82 Å². The summed E-state index contributed by atoms with van der Waals surface area (Å²) >= 11 is 12.1. The highest BCUT2D eigenvalue weighted by atomic mass is 35.5. The summed E-state index contributed by atoms with van der Waals surface area (Å²) in [6.07, 6.45) is 1.64. The van der Waals surface area contributed by atoms with Crippen LogP contribution in [0, 0.1) is 18.3 Å². The van der Waals surface area contributed by atoms with E-state index in [-0.39, 0.29) is 0 Å². The lowest BCUT2D eigenvalue weighted by Gasteiger charge is -2.09. The predicted molar refractivity (Wildman–Crippen MR) is 123 cm³/mol. The van der Waals surface area contributed by atoms with Gasteiger partial charge in [-0.05, 0) is 55.0 Å². The first-order valence-corrected chi connectivity index (χ1v) is 10.1. The summed E-state index contributed by atoms with van der Waals surface area (Å²) in [5.74, 6) is 1.10. The van der Waals surface area contributed by atoms with E-state index in [2.05, 4.69) is 21.6 Å². The third-order valence-electron chi connectivity index (χ3n) is 4.31. The van der Waals surface area contributed by atoms with Crippen LogP contribution < -0.4 is 10.2 Å². The number of rotatable bonds is 8. The molecule has 0 amide bonds. The minimum atomic E-state index is 0.327. The van der Waals surface area contributed by atoms with Gasteiger partial charge in [0.25, 0.3) is 0 Å². The molecule has 3 rings (SSSR count). The molecule has 0 aliphatic heterocycles. The van der Waals surface area contributed by atoms with Gasteiger partial charge in [-0.15, -0.1) is 0 Å². The number of aromatic nitrogens is 1. The van der Waals surface area contributed by atoms with E-state index >= 15 is 0 Å². The Labute approximate surface area is 191 Å². The number of nitrogens with one attached hydrogen (secondary N) is 1. The average molecular weight is 455 g/mol. The van der Waals surface area contributed by atoms with Crippen molar-refractivity contribution in [2.75, 3.05) is 12.5 Å². The van der Waals surface area contributed by atoms with Gasteiger partial charge >= 0.3 is 0 Å². The number of methoxy groups -OCH3 is 1. The lowest BCUT2D eigenvalue weighted by Crippen LogP contribution is -2.03. The Balaban J connectivity index is 1.63. The van der Waals surface area contributed by atoms with Crippen LogP contribution in [0.25, 0.3) is 0 Å². The van der Waals surface area contributed by atoms with Crippen molar-refractivity contribution in [1.29, 1.82) is 5.26 Å². The molecule has 0 spiro atoms. The number of anilines is 1. The van der Waals surface area contributed by atoms with Gasteiger partial charge in [-0.1, -0.05) is 29.3 Å². The summed E-state index contributed by atoms with van der Waals surface area (Å²) in [5.41, 5.74) is 6.50. The zero-order chi connectivity index (χ0) is 22.2. The standard InChI is InChI=1S/C23H20Cl2N4O2/c1-15-9-18(13-30-2)21(11-26)23(28-15)29-27-12-16-3-7-20(8-4-16)31-14-17-5-6-19(24)10-22(17)25/h3-10,12H,13-14H2,1-2H3,(H,28,29)/b27-12+. The molecule has 2 aromatic carbocycles. The Bertz CT molecular complexity index is 1130. The van der Waals surface area contributed by atoms with E-state index in [1.807, 2.05) is 43.3 Å². The largest absolute Gasteiger partial charge is 0.489 e. The molecule has 0 aliphatic rings. The normalized spacial score (nSPS) is 10.8. The molecule has 3 aromatic rings. The van der Waals surface area contributed by atoms with Crippen molar-refractivity contribution in [3.05, 3.63) is 86.5 Å². The first-order valence-electron chi connectivity index (χ1n) is 9.35. The van der Waals surface area contributed by atoms with E-state index < -0.39 is 0 Å². The second kappa shape index (κ2) is 10.8. The van der Waals surface area contributed by atoms with Crippen LogP contribution in [0.15, 0.2) is 53.6 Å². The highest BCUT2D eigenvalue weighted by Crippen LogP contribution is 2.23. The zero-order valence-corrected chi connectivity index (χ0v) is 18.5. The van der Waals surface area contributed by atoms with Crippen LogP contribution in [0.2, 0.25) is 10.0 Å². The van der Waals surface area contributed by atoms with Crippen LogP contribution in [-0.2, 0) is 18.0 Å². The fraction of sp³-hybridized carbons (Fsp3) is 0.174. The van der Waals surface area contributed by atoms with Crippen LogP contribution in [0.3, 0.4) is 0 Å². The highest BCUT2D eigenvalue weighted by Gasteiger charge is 2.10. The second-order valence-corrected chi connectivity index (χ2v) is 7.50. The van der Waals surface area contributed by atoms with E-state index in [0.717, 1.165) is 22.4 Å². The molecule has 8 heteroatoms. The van der Waals surface area contributed by atoms with E-state index in [0.29, 0.717) is 40.4 Å². The molecule has 0 atom stereocenters. The lowest BCUT2D eigenvalue weighted by molar-refractivity contribution is 0.184. The lowest BCUT2D eigenvalue weighted by atomic mass is 10.1. The van der Waals surface area contributed by atoms with Crippen LogP contribution in [0.1, 0.15) is 27.9 Å². The van der Waals surface area contributed by atoms with Crippen LogP contribution in [0.4, 0.5) is 5.82 Å². The molecule has 0 saturated carbocycles. The van der Waals surface area contributed by atoms with Gasteiger partial charge in [0.05, 0.1) is 12.8 Å². The first kappa shape index (κ1) is 22.6. The number of hydrazone groups is 1. The fourth-order valence-electron chi connectivity index (χ4n) is 2.83. The number of aryl methyl sites for hydroxylation is 1. The van der Waals surface area contributed by atoms with E-state index in [9.17, 15) is 5.26 Å². The third kappa shape index (κ3) is 6.19. The molecule has 31 heavy (non-hydrogen) atoms. The monoisotopic (exact) mass is 454 g/mol.